The number of hydrogen-bond acceptors (Lipinski definition) is 3. The van der Waals surface area contributed by atoms with Gasteiger partial charge in [-0.05, 0) is 61.8 Å². The zero-order chi connectivity index (χ0) is 14.8. The molecule has 4 atom stereocenters. The van der Waals surface area contributed by atoms with Crippen molar-refractivity contribution in [3.63, 3.8) is 0 Å². The van der Waals surface area contributed by atoms with Crippen molar-refractivity contribution in [1.82, 2.24) is 5.32 Å². The molecule has 4 unspecified atom stereocenters. The minimum absolute atomic E-state index is 0.327. The van der Waals surface area contributed by atoms with Gasteiger partial charge in [-0.25, -0.2) is 0 Å². The van der Waals surface area contributed by atoms with Gasteiger partial charge in [-0.3, -0.25) is 0 Å². The SMILES string of the molecule is COc1ccc(C(C)NCC2CC3C=CC2C3)cc1OC. The van der Waals surface area contributed by atoms with Crippen LogP contribution in [0.5, 0.6) is 11.5 Å². The zero-order valence-corrected chi connectivity index (χ0v) is 13.1. The molecule has 0 aromatic heterocycles. The second-order valence-corrected chi connectivity index (χ2v) is 6.28. The fourth-order valence-electron chi connectivity index (χ4n) is 3.70. The second-order valence-electron chi connectivity index (χ2n) is 6.28. The Morgan fingerprint density at radius 3 is 2.57 bits per heavy atom. The van der Waals surface area contributed by atoms with Gasteiger partial charge in [-0.1, -0.05) is 18.2 Å². The number of allylic oxidation sites excluding steroid dienone is 2. The summed E-state index contributed by atoms with van der Waals surface area (Å²) in [6.07, 6.45) is 7.55. The van der Waals surface area contributed by atoms with Crippen molar-refractivity contribution in [3.8, 4) is 11.5 Å². The van der Waals surface area contributed by atoms with E-state index in [1.165, 1.54) is 18.4 Å². The molecule has 0 heterocycles. The van der Waals surface area contributed by atoms with Crippen LogP contribution in [-0.4, -0.2) is 20.8 Å². The van der Waals surface area contributed by atoms with E-state index >= 15 is 0 Å². The summed E-state index contributed by atoms with van der Waals surface area (Å²) >= 11 is 0. The van der Waals surface area contributed by atoms with Crippen molar-refractivity contribution < 1.29 is 9.47 Å². The molecule has 0 saturated heterocycles. The highest BCUT2D eigenvalue weighted by Crippen LogP contribution is 2.43. The topological polar surface area (TPSA) is 30.5 Å². The molecule has 1 saturated carbocycles. The van der Waals surface area contributed by atoms with Crippen molar-refractivity contribution in [3.05, 3.63) is 35.9 Å². The van der Waals surface area contributed by atoms with Crippen molar-refractivity contribution in [2.24, 2.45) is 17.8 Å². The summed E-state index contributed by atoms with van der Waals surface area (Å²) < 4.78 is 10.7. The van der Waals surface area contributed by atoms with Crippen LogP contribution < -0.4 is 14.8 Å². The number of benzene rings is 1. The number of ether oxygens (including phenoxy) is 2. The molecule has 0 aliphatic heterocycles. The Hall–Kier alpha value is -1.48. The quantitative estimate of drug-likeness (QED) is 0.811. The van der Waals surface area contributed by atoms with Crippen molar-refractivity contribution in [2.45, 2.75) is 25.8 Å². The third kappa shape index (κ3) is 2.93. The van der Waals surface area contributed by atoms with Gasteiger partial charge in [-0.15, -0.1) is 0 Å². The maximum Gasteiger partial charge on any atom is 0.161 e. The van der Waals surface area contributed by atoms with Crippen LogP contribution in [0.1, 0.15) is 31.4 Å². The normalized spacial score (nSPS) is 27.9. The molecule has 0 spiro atoms. The molecule has 2 bridgehead atoms. The summed E-state index contributed by atoms with van der Waals surface area (Å²) in [7, 11) is 3.35. The van der Waals surface area contributed by atoms with E-state index in [0.717, 1.165) is 35.8 Å². The summed E-state index contributed by atoms with van der Waals surface area (Å²) in [4.78, 5) is 0. The molecule has 3 nitrogen and oxygen atoms in total. The van der Waals surface area contributed by atoms with E-state index in [-0.39, 0.29) is 0 Å². The molecule has 1 fully saturated rings. The zero-order valence-electron chi connectivity index (χ0n) is 13.1. The summed E-state index contributed by atoms with van der Waals surface area (Å²) in [6, 6.07) is 6.48. The Bertz CT molecular complexity index is 526. The van der Waals surface area contributed by atoms with Gasteiger partial charge in [0.05, 0.1) is 14.2 Å². The Morgan fingerprint density at radius 1 is 1.14 bits per heavy atom. The van der Waals surface area contributed by atoms with Crippen LogP contribution in [0.15, 0.2) is 30.4 Å². The number of methoxy groups -OCH3 is 2. The molecule has 0 radical (unpaired) electrons. The minimum atomic E-state index is 0.327. The lowest BCUT2D eigenvalue weighted by Crippen LogP contribution is -2.27. The number of rotatable bonds is 6. The van der Waals surface area contributed by atoms with Gasteiger partial charge in [0.2, 0.25) is 0 Å². The van der Waals surface area contributed by atoms with Crippen LogP contribution >= 0.6 is 0 Å². The molecule has 114 valence electrons. The first-order valence-corrected chi connectivity index (χ1v) is 7.85. The van der Waals surface area contributed by atoms with Crippen molar-refractivity contribution in [1.29, 1.82) is 0 Å². The lowest BCUT2D eigenvalue weighted by atomic mass is 9.93. The molecule has 2 aliphatic carbocycles. The van der Waals surface area contributed by atoms with E-state index < -0.39 is 0 Å². The first-order valence-electron chi connectivity index (χ1n) is 7.85. The molecule has 1 aromatic carbocycles. The molecular formula is C18H25NO2. The van der Waals surface area contributed by atoms with Crippen LogP contribution in [0.2, 0.25) is 0 Å². The third-order valence-electron chi connectivity index (χ3n) is 5.01. The van der Waals surface area contributed by atoms with Gasteiger partial charge in [0, 0.05) is 6.04 Å². The highest BCUT2D eigenvalue weighted by Gasteiger charge is 2.35. The fourth-order valence-corrected chi connectivity index (χ4v) is 3.70. The largest absolute Gasteiger partial charge is 0.493 e. The van der Waals surface area contributed by atoms with E-state index in [4.69, 9.17) is 9.47 Å². The van der Waals surface area contributed by atoms with E-state index in [9.17, 15) is 0 Å². The number of fused-ring (bicyclic) bond motifs is 2. The second kappa shape index (κ2) is 6.10. The lowest BCUT2D eigenvalue weighted by molar-refractivity contribution is 0.353. The average Bonchev–Trinajstić information content (AvgIpc) is 3.14. The Balaban J connectivity index is 1.60. The predicted molar refractivity (Wildman–Crippen MR) is 84.8 cm³/mol. The van der Waals surface area contributed by atoms with Crippen LogP contribution in [0.4, 0.5) is 0 Å². The summed E-state index contributed by atoms with van der Waals surface area (Å²) in [5.41, 5.74) is 1.24. The molecule has 2 aliphatic rings. The van der Waals surface area contributed by atoms with Gasteiger partial charge in [0.25, 0.3) is 0 Å². The molecule has 0 amide bonds. The van der Waals surface area contributed by atoms with Crippen LogP contribution in [0, 0.1) is 17.8 Å². The van der Waals surface area contributed by atoms with Crippen LogP contribution in [0.25, 0.3) is 0 Å². The van der Waals surface area contributed by atoms with Gasteiger partial charge in [-0.2, -0.15) is 0 Å². The average molecular weight is 287 g/mol. The summed E-state index contributed by atoms with van der Waals surface area (Å²) in [5, 5.41) is 3.68. The maximum absolute atomic E-state index is 5.38. The Labute approximate surface area is 127 Å². The molecule has 3 rings (SSSR count). The van der Waals surface area contributed by atoms with Gasteiger partial charge < -0.3 is 14.8 Å². The van der Waals surface area contributed by atoms with Crippen LogP contribution in [-0.2, 0) is 0 Å². The highest BCUT2D eigenvalue weighted by molar-refractivity contribution is 5.43. The van der Waals surface area contributed by atoms with Crippen molar-refractivity contribution >= 4 is 0 Å². The standard InChI is InChI=1S/C18H25NO2/c1-12(14-6-7-17(20-2)18(10-14)21-3)19-11-16-9-13-4-5-15(16)8-13/h4-7,10,12-13,15-16,19H,8-9,11H2,1-3H3. The van der Waals surface area contributed by atoms with E-state index in [1.54, 1.807) is 14.2 Å². The Morgan fingerprint density at radius 2 is 1.95 bits per heavy atom. The number of hydrogen-bond donors (Lipinski definition) is 1. The molecule has 21 heavy (non-hydrogen) atoms. The third-order valence-corrected chi connectivity index (χ3v) is 5.01. The Kier molecular flexibility index (Phi) is 4.20. The van der Waals surface area contributed by atoms with Gasteiger partial charge >= 0.3 is 0 Å². The molecule has 3 heteroatoms. The molecule has 1 aromatic rings. The van der Waals surface area contributed by atoms with E-state index in [2.05, 4.69) is 36.5 Å². The minimum Gasteiger partial charge on any atom is -0.493 e. The lowest BCUT2D eigenvalue weighted by Gasteiger charge is -2.22. The fraction of sp³-hybridized carbons (Fsp3) is 0.556. The number of nitrogens with one attached hydrogen (secondary N) is 1. The first kappa shape index (κ1) is 14.5. The first-order chi connectivity index (χ1) is 10.2. The van der Waals surface area contributed by atoms with E-state index in [1.807, 2.05) is 6.07 Å². The van der Waals surface area contributed by atoms with Crippen molar-refractivity contribution in [2.75, 3.05) is 20.8 Å². The monoisotopic (exact) mass is 287 g/mol. The maximum atomic E-state index is 5.38. The summed E-state index contributed by atoms with van der Waals surface area (Å²) in [5.74, 6) is 4.04. The highest BCUT2D eigenvalue weighted by atomic mass is 16.5. The smallest absolute Gasteiger partial charge is 0.161 e. The van der Waals surface area contributed by atoms with Gasteiger partial charge in [0.15, 0.2) is 11.5 Å². The molecular weight excluding hydrogens is 262 g/mol. The van der Waals surface area contributed by atoms with Crippen LogP contribution in [0.3, 0.4) is 0 Å². The molecule has 1 N–H and O–H groups in total. The van der Waals surface area contributed by atoms with Gasteiger partial charge in [0.1, 0.15) is 0 Å². The summed E-state index contributed by atoms with van der Waals surface area (Å²) in [6.45, 7) is 3.31. The van der Waals surface area contributed by atoms with E-state index in [0.29, 0.717) is 6.04 Å². The predicted octanol–water partition coefficient (Wildman–Crippen LogP) is 3.57.